The van der Waals surface area contributed by atoms with Gasteiger partial charge in [-0.15, -0.1) is 0 Å². The van der Waals surface area contributed by atoms with Crippen LogP contribution < -0.4 is 0 Å². The van der Waals surface area contributed by atoms with Crippen molar-refractivity contribution in [3.63, 3.8) is 0 Å². The molecule has 0 aliphatic carbocycles. The number of aryl methyl sites for hydroxylation is 1. The highest BCUT2D eigenvalue weighted by Crippen LogP contribution is 2.12. The summed E-state index contributed by atoms with van der Waals surface area (Å²) in [5, 5.41) is 3.97. The molecule has 1 aromatic carbocycles. The smallest absolute Gasteiger partial charge is 0.106 e. The third-order valence-corrected chi connectivity index (χ3v) is 2.89. The van der Waals surface area contributed by atoms with Crippen molar-refractivity contribution in [1.29, 1.82) is 0 Å². The zero-order valence-electron chi connectivity index (χ0n) is 10.4. The second-order valence-electron chi connectivity index (χ2n) is 4.19. The number of nitrogens with zero attached hydrogens (tertiary/aromatic N) is 1. The lowest BCUT2D eigenvalue weighted by Crippen LogP contribution is -2.07. The van der Waals surface area contributed by atoms with Gasteiger partial charge in [0.25, 0.3) is 0 Å². The van der Waals surface area contributed by atoms with Gasteiger partial charge in [-0.2, -0.15) is 0 Å². The molecule has 1 rings (SSSR count). The van der Waals surface area contributed by atoms with Gasteiger partial charge in [0.05, 0.1) is 5.71 Å². The van der Waals surface area contributed by atoms with E-state index >= 15 is 0 Å². The third-order valence-electron chi connectivity index (χ3n) is 2.89. The molecule has 0 saturated carbocycles. The SMILES string of the molecule is CO/N=C(\C)[C@@H](C)CCCc1ccccc1. The minimum absolute atomic E-state index is 0.503. The summed E-state index contributed by atoms with van der Waals surface area (Å²) in [6.45, 7) is 4.22. The molecule has 0 spiro atoms. The molecule has 16 heavy (non-hydrogen) atoms. The van der Waals surface area contributed by atoms with Crippen molar-refractivity contribution in [2.24, 2.45) is 11.1 Å². The number of hydrogen-bond donors (Lipinski definition) is 0. The Balaban J connectivity index is 2.28. The molecule has 0 aliphatic rings. The van der Waals surface area contributed by atoms with Crippen LogP contribution in [0.3, 0.4) is 0 Å². The highest BCUT2D eigenvalue weighted by atomic mass is 16.6. The molecule has 0 N–H and O–H groups in total. The molecule has 0 saturated heterocycles. The zero-order chi connectivity index (χ0) is 11.8. The van der Waals surface area contributed by atoms with Crippen molar-refractivity contribution in [3.05, 3.63) is 35.9 Å². The van der Waals surface area contributed by atoms with E-state index in [9.17, 15) is 0 Å². The lowest BCUT2D eigenvalue weighted by Gasteiger charge is -2.10. The molecule has 0 aromatic heterocycles. The van der Waals surface area contributed by atoms with Crippen molar-refractivity contribution in [2.45, 2.75) is 33.1 Å². The van der Waals surface area contributed by atoms with Gasteiger partial charge in [-0.1, -0.05) is 42.4 Å². The second kappa shape index (κ2) is 7.04. The molecule has 1 aromatic rings. The maximum absolute atomic E-state index is 4.78. The number of benzene rings is 1. The van der Waals surface area contributed by atoms with Gasteiger partial charge in [-0.05, 0) is 37.7 Å². The van der Waals surface area contributed by atoms with Crippen LogP contribution >= 0.6 is 0 Å². The molecule has 1 atom stereocenters. The molecule has 0 bridgehead atoms. The van der Waals surface area contributed by atoms with Crippen LogP contribution in [0.4, 0.5) is 0 Å². The topological polar surface area (TPSA) is 21.6 Å². The first-order valence-corrected chi connectivity index (χ1v) is 5.85. The molecular formula is C14H21NO. The fourth-order valence-electron chi connectivity index (χ4n) is 1.70. The molecule has 0 fully saturated rings. The molecular weight excluding hydrogens is 198 g/mol. The standard InChI is InChI=1S/C14H21NO/c1-12(13(2)15-16-3)8-7-11-14-9-5-4-6-10-14/h4-6,9-10,12H,7-8,11H2,1-3H3/b15-13+/t12-/m0/s1. The summed E-state index contributed by atoms with van der Waals surface area (Å²) in [6.07, 6.45) is 3.50. The monoisotopic (exact) mass is 219 g/mol. The van der Waals surface area contributed by atoms with Gasteiger partial charge in [0.1, 0.15) is 7.11 Å². The number of hydrogen-bond acceptors (Lipinski definition) is 2. The molecule has 0 amide bonds. The van der Waals surface area contributed by atoms with Gasteiger partial charge in [0.15, 0.2) is 0 Å². The summed E-state index contributed by atoms with van der Waals surface area (Å²) in [5.74, 6) is 0.503. The van der Waals surface area contributed by atoms with Crippen LogP contribution in [0.15, 0.2) is 35.5 Å². The Kier molecular flexibility index (Phi) is 5.62. The van der Waals surface area contributed by atoms with Crippen molar-refractivity contribution < 1.29 is 4.84 Å². The first kappa shape index (κ1) is 12.8. The van der Waals surface area contributed by atoms with Crippen LogP contribution in [0.2, 0.25) is 0 Å². The van der Waals surface area contributed by atoms with Crippen molar-refractivity contribution in [3.8, 4) is 0 Å². The van der Waals surface area contributed by atoms with E-state index in [-0.39, 0.29) is 0 Å². The Morgan fingerprint density at radius 3 is 2.62 bits per heavy atom. The van der Waals surface area contributed by atoms with Crippen molar-refractivity contribution >= 4 is 5.71 Å². The zero-order valence-corrected chi connectivity index (χ0v) is 10.4. The lowest BCUT2D eigenvalue weighted by molar-refractivity contribution is 0.210. The van der Waals surface area contributed by atoms with Crippen LogP contribution in [0.1, 0.15) is 32.3 Å². The molecule has 0 aliphatic heterocycles. The van der Waals surface area contributed by atoms with Gasteiger partial charge in [0, 0.05) is 0 Å². The summed E-state index contributed by atoms with van der Waals surface area (Å²) < 4.78 is 0. The fourth-order valence-corrected chi connectivity index (χ4v) is 1.70. The van der Waals surface area contributed by atoms with Gasteiger partial charge in [0.2, 0.25) is 0 Å². The van der Waals surface area contributed by atoms with Crippen LogP contribution in [0.5, 0.6) is 0 Å². The van der Waals surface area contributed by atoms with E-state index in [2.05, 4.69) is 42.4 Å². The first-order chi connectivity index (χ1) is 7.74. The maximum atomic E-state index is 4.78. The van der Waals surface area contributed by atoms with Crippen molar-refractivity contribution in [2.75, 3.05) is 7.11 Å². The van der Waals surface area contributed by atoms with E-state index in [1.54, 1.807) is 7.11 Å². The summed E-state index contributed by atoms with van der Waals surface area (Å²) in [6, 6.07) is 10.6. The lowest BCUT2D eigenvalue weighted by atomic mass is 9.98. The Morgan fingerprint density at radius 1 is 1.31 bits per heavy atom. The normalized spacial score (nSPS) is 13.6. The molecule has 0 unspecified atom stereocenters. The Labute approximate surface area is 98.3 Å². The predicted octanol–water partition coefficient (Wildman–Crippen LogP) is 3.67. The van der Waals surface area contributed by atoms with Crippen LogP contribution in [0.25, 0.3) is 0 Å². The summed E-state index contributed by atoms with van der Waals surface area (Å²) in [4.78, 5) is 4.78. The van der Waals surface area contributed by atoms with Crippen LogP contribution in [-0.4, -0.2) is 12.8 Å². The summed E-state index contributed by atoms with van der Waals surface area (Å²) in [5.41, 5.74) is 2.49. The maximum Gasteiger partial charge on any atom is 0.106 e. The van der Waals surface area contributed by atoms with Gasteiger partial charge in [-0.25, -0.2) is 0 Å². The summed E-state index contributed by atoms with van der Waals surface area (Å²) in [7, 11) is 1.60. The summed E-state index contributed by atoms with van der Waals surface area (Å²) >= 11 is 0. The minimum atomic E-state index is 0.503. The van der Waals surface area contributed by atoms with E-state index in [4.69, 9.17) is 4.84 Å². The largest absolute Gasteiger partial charge is 0.399 e. The quantitative estimate of drug-likeness (QED) is 0.528. The minimum Gasteiger partial charge on any atom is -0.399 e. The Morgan fingerprint density at radius 2 is 2.00 bits per heavy atom. The fraction of sp³-hybridized carbons (Fsp3) is 0.500. The Bertz CT molecular complexity index is 319. The second-order valence-corrected chi connectivity index (χ2v) is 4.19. The molecule has 88 valence electrons. The molecule has 0 radical (unpaired) electrons. The number of oxime groups is 1. The molecule has 0 heterocycles. The molecule has 2 heteroatoms. The van der Waals surface area contributed by atoms with Gasteiger partial charge < -0.3 is 4.84 Å². The van der Waals surface area contributed by atoms with Gasteiger partial charge >= 0.3 is 0 Å². The van der Waals surface area contributed by atoms with E-state index in [0.717, 1.165) is 18.6 Å². The van der Waals surface area contributed by atoms with E-state index in [0.29, 0.717) is 5.92 Å². The highest BCUT2D eigenvalue weighted by molar-refractivity contribution is 5.83. The van der Waals surface area contributed by atoms with Gasteiger partial charge in [-0.3, -0.25) is 0 Å². The average molecular weight is 219 g/mol. The average Bonchev–Trinajstić information content (AvgIpc) is 2.30. The first-order valence-electron chi connectivity index (χ1n) is 5.85. The van der Waals surface area contributed by atoms with E-state index in [1.165, 1.54) is 12.0 Å². The molecule has 2 nitrogen and oxygen atoms in total. The van der Waals surface area contributed by atoms with Crippen LogP contribution in [0, 0.1) is 5.92 Å². The van der Waals surface area contributed by atoms with Crippen LogP contribution in [-0.2, 0) is 11.3 Å². The predicted molar refractivity (Wildman–Crippen MR) is 68.7 cm³/mol. The van der Waals surface area contributed by atoms with E-state index in [1.807, 2.05) is 6.92 Å². The third kappa shape index (κ3) is 4.47. The van der Waals surface area contributed by atoms with E-state index < -0.39 is 0 Å². The Hall–Kier alpha value is -1.31. The number of rotatable bonds is 6. The highest BCUT2D eigenvalue weighted by Gasteiger charge is 2.06. The van der Waals surface area contributed by atoms with Crippen molar-refractivity contribution in [1.82, 2.24) is 0 Å².